The van der Waals surface area contributed by atoms with Crippen molar-refractivity contribution in [1.82, 2.24) is 19.4 Å². The first-order valence-corrected chi connectivity index (χ1v) is 14.4. The Morgan fingerprint density at radius 3 is 2.68 bits per heavy atom. The lowest BCUT2D eigenvalue weighted by Crippen LogP contribution is -2.47. The van der Waals surface area contributed by atoms with Gasteiger partial charge in [-0.05, 0) is 67.4 Å². The number of ether oxygens (including phenoxy) is 2. The second kappa shape index (κ2) is 12.6. The maximum absolute atomic E-state index is 15.4. The van der Waals surface area contributed by atoms with Crippen molar-refractivity contribution in [3.05, 3.63) is 94.3 Å². The average Bonchev–Trinajstić information content (AvgIpc) is 3.46. The fourth-order valence-electron chi connectivity index (χ4n) is 5.64. The number of piperazine rings is 1. The molecule has 0 unspecified atom stereocenters. The molecule has 1 fully saturated rings. The van der Waals surface area contributed by atoms with E-state index < -0.39 is 5.97 Å². The molecule has 0 amide bonds. The standard InChI is InChI=1S/C33H31FN6O4/c1-43-32(41)21-44-31-9-6-25-29(37-31)10-12-40(33(25)42)24-5-8-30(27(34)18-24)39-15-13-38(14-16-39)11-2-3-23-20-36-28-7-4-22(19-35)17-26(23)28/h4-10,12,17-18,20,36H,2-3,11,13-16,21H2,1H3. The Balaban J connectivity index is 1.06. The van der Waals surface area contributed by atoms with Crippen LogP contribution in [0.1, 0.15) is 17.5 Å². The fourth-order valence-corrected chi connectivity index (χ4v) is 5.64. The number of aromatic nitrogens is 3. The van der Waals surface area contributed by atoms with Gasteiger partial charge in [-0.2, -0.15) is 5.26 Å². The summed E-state index contributed by atoms with van der Waals surface area (Å²) < 4.78 is 26.6. The molecule has 0 atom stereocenters. The molecule has 5 aromatic rings. The van der Waals surface area contributed by atoms with Gasteiger partial charge in [-0.25, -0.2) is 14.2 Å². The van der Waals surface area contributed by atoms with Crippen LogP contribution in [0.4, 0.5) is 10.1 Å². The van der Waals surface area contributed by atoms with Gasteiger partial charge in [0.05, 0.1) is 41.0 Å². The Labute approximate surface area is 252 Å². The van der Waals surface area contributed by atoms with Gasteiger partial charge < -0.3 is 19.4 Å². The van der Waals surface area contributed by atoms with Crippen molar-refractivity contribution in [2.75, 3.05) is 51.3 Å². The number of nitrogens with one attached hydrogen (secondary N) is 1. The molecule has 6 rings (SSSR count). The zero-order chi connectivity index (χ0) is 30.6. The highest BCUT2D eigenvalue weighted by Gasteiger charge is 2.20. The van der Waals surface area contributed by atoms with Crippen LogP contribution in [0.2, 0.25) is 0 Å². The van der Waals surface area contributed by atoms with Crippen LogP contribution in [0, 0.1) is 17.1 Å². The number of carbonyl (C=O) groups is 1. The van der Waals surface area contributed by atoms with Crippen LogP contribution in [0.25, 0.3) is 27.5 Å². The lowest BCUT2D eigenvalue weighted by atomic mass is 10.1. The number of fused-ring (bicyclic) bond motifs is 2. The number of rotatable bonds is 9. The highest BCUT2D eigenvalue weighted by atomic mass is 19.1. The summed E-state index contributed by atoms with van der Waals surface area (Å²) in [6.45, 7) is 3.72. The second-order valence-electron chi connectivity index (χ2n) is 10.7. The minimum absolute atomic E-state index is 0.194. The van der Waals surface area contributed by atoms with Gasteiger partial charge in [0.1, 0.15) is 5.82 Å². The number of esters is 1. The highest BCUT2D eigenvalue weighted by molar-refractivity contribution is 5.84. The van der Waals surface area contributed by atoms with Gasteiger partial charge in [0, 0.05) is 61.6 Å². The summed E-state index contributed by atoms with van der Waals surface area (Å²) >= 11 is 0. The van der Waals surface area contributed by atoms with Crippen LogP contribution < -0.4 is 15.2 Å². The van der Waals surface area contributed by atoms with Gasteiger partial charge in [-0.15, -0.1) is 0 Å². The van der Waals surface area contributed by atoms with Crippen molar-refractivity contribution in [3.63, 3.8) is 0 Å². The predicted molar refractivity (Wildman–Crippen MR) is 165 cm³/mol. The van der Waals surface area contributed by atoms with E-state index in [0.29, 0.717) is 40.9 Å². The van der Waals surface area contributed by atoms with Gasteiger partial charge in [-0.3, -0.25) is 14.3 Å². The van der Waals surface area contributed by atoms with Crippen LogP contribution in [-0.4, -0.2) is 71.8 Å². The third-order valence-corrected chi connectivity index (χ3v) is 8.03. The molecule has 0 spiro atoms. The van der Waals surface area contributed by atoms with Crippen molar-refractivity contribution in [2.24, 2.45) is 0 Å². The molecule has 3 aromatic heterocycles. The molecule has 0 saturated carbocycles. The van der Waals surface area contributed by atoms with Crippen LogP contribution in [0.15, 0.2) is 71.8 Å². The van der Waals surface area contributed by atoms with E-state index in [1.54, 1.807) is 30.5 Å². The molecule has 1 aliphatic heterocycles. The van der Waals surface area contributed by atoms with Crippen LogP contribution in [-0.2, 0) is 16.0 Å². The van der Waals surface area contributed by atoms with E-state index in [4.69, 9.17) is 4.74 Å². The number of nitrogens with zero attached hydrogens (tertiary/aromatic N) is 5. The lowest BCUT2D eigenvalue weighted by molar-refractivity contribution is -0.143. The SMILES string of the molecule is COC(=O)COc1ccc2c(=O)n(-c3ccc(N4CCN(CCCc5c[nH]c6ccc(C#N)cc56)CC4)c(F)c3)ccc2n1. The molecule has 0 bridgehead atoms. The normalized spacial score (nSPS) is 13.7. The first kappa shape index (κ1) is 28.9. The fraction of sp³-hybridized carbons (Fsp3) is 0.273. The summed E-state index contributed by atoms with van der Waals surface area (Å²) in [4.78, 5) is 36.5. The van der Waals surface area contributed by atoms with Crippen molar-refractivity contribution in [1.29, 1.82) is 5.26 Å². The maximum atomic E-state index is 15.4. The van der Waals surface area contributed by atoms with Gasteiger partial charge in [0.2, 0.25) is 5.88 Å². The number of aryl methyl sites for hydroxylation is 1. The molecule has 2 aromatic carbocycles. The molecule has 0 aliphatic carbocycles. The Morgan fingerprint density at radius 2 is 1.91 bits per heavy atom. The molecule has 44 heavy (non-hydrogen) atoms. The number of nitriles is 1. The van der Waals surface area contributed by atoms with E-state index >= 15 is 4.39 Å². The lowest BCUT2D eigenvalue weighted by Gasteiger charge is -2.36. The molecule has 224 valence electrons. The molecule has 0 radical (unpaired) electrons. The van der Waals surface area contributed by atoms with Gasteiger partial charge in [-0.1, -0.05) is 0 Å². The number of halogens is 1. The molecule has 4 heterocycles. The molecule has 11 heteroatoms. The average molecular weight is 595 g/mol. The maximum Gasteiger partial charge on any atom is 0.343 e. The van der Waals surface area contributed by atoms with Crippen LogP contribution in [0.5, 0.6) is 5.88 Å². The van der Waals surface area contributed by atoms with Crippen LogP contribution >= 0.6 is 0 Å². The molecular weight excluding hydrogens is 563 g/mol. The number of hydrogen-bond donors (Lipinski definition) is 1. The van der Waals surface area contributed by atoms with E-state index in [1.165, 1.54) is 29.4 Å². The van der Waals surface area contributed by atoms with Crippen LogP contribution in [0.3, 0.4) is 0 Å². The topological polar surface area (TPSA) is 116 Å². The molecule has 1 saturated heterocycles. The summed E-state index contributed by atoms with van der Waals surface area (Å²) in [5, 5.41) is 10.7. The minimum atomic E-state index is -0.538. The van der Waals surface area contributed by atoms with Crippen molar-refractivity contribution >= 4 is 33.5 Å². The van der Waals surface area contributed by atoms with E-state index in [9.17, 15) is 14.9 Å². The molecule has 10 nitrogen and oxygen atoms in total. The number of methoxy groups -OCH3 is 1. The second-order valence-corrected chi connectivity index (χ2v) is 10.7. The quantitative estimate of drug-likeness (QED) is 0.253. The number of pyridine rings is 2. The number of hydrogen-bond acceptors (Lipinski definition) is 8. The first-order valence-electron chi connectivity index (χ1n) is 14.4. The zero-order valence-corrected chi connectivity index (χ0v) is 24.3. The Kier molecular flexibility index (Phi) is 8.25. The largest absolute Gasteiger partial charge is 0.466 e. The number of aromatic amines is 1. The molecular formula is C33H31FN6O4. The number of anilines is 1. The monoisotopic (exact) mass is 594 g/mol. The summed E-state index contributed by atoms with van der Waals surface area (Å²) in [6, 6.07) is 17.5. The summed E-state index contributed by atoms with van der Waals surface area (Å²) in [5.74, 6) is -0.729. The predicted octanol–water partition coefficient (Wildman–Crippen LogP) is 4.18. The van der Waals surface area contributed by atoms with E-state index in [-0.39, 0.29) is 23.9 Å². The smallest absolute Gasteiger partial charge is 0.343 e. The summed E-state index contributed by atoms with van der Waals surface area (Å²) in [6.07, 6.45) is 5.48. The molecule has 1 N–H and O–H groups in total. The van der Waals surface area contributed by atoms with Crippen molar-refractivity contribution < 1.29 is 18.7 Å². The summed E-state index contributed by atoms with van der Waals surface area (Å²) in [5.41, 5.74) is 3.92. The highest BCUT2D eigenvalue weighted by Crippen LogP contribution is 2.25. The number of carbonyl (C=O) groups excluding carboxylic acids is 1. The third-order valence-electron chi connectivity index (χ3n) is 8.03. The Hall–Kier alpha value is -5.21. The summed E-state index contributed by atoms with van der Waals surface area (Å²) in [7, 11) is 1.27. The van der Waals surface area contributed by atoms with E-state index in [0.717, 1.165) is 43.4 Å². The van der Waals surface area contributed by atoms with E-state index in [1.807, 2.05) is 29.3 Å². The van der Waals surface area contributed by atoms with Gasteiger partial charge >= 0.3 is 5.97 Å². The minimum Gasteiger partial charge on any atom is -0.466 e. The number of benzene rings is 2. The third kappa shape index (κ3) is 5.98. The Morgan fingerprint density at radius 1 is 1.07 bits per heavy atom. The first-order chi connectivity index (χ1) is 21.4. The van der Waals surface area contributed by atoms with Gasteiger partial charge in [0.15, 0.2) is 6.61 Å². The van der Waals surface area contributed by atoms with Crippen molar-refractivity contribution in [3.8, 4) is 17.6 Å². The van der Waals surface area contributed by atoms with Crippen molar-refractivity contribution in [2.45, 2.75) is 12.8 Å². The molecule has 1 aliphatic rings. The van der Waals surface area contributed by atoms with E-state index in [2.05, 4.69) is 25.7 Å². The zero-order valence-electron chi connectivity index (χ0n) is 24.3. The number of H-pyrrole nitrogens is 1. The van der Waals surface area contributed by atoms with Gasteiger partial charge in [0.25, 0.3) is 5.56 Å². The Bertz CT molecular complexity index is 1940.